The Balaban J connectivity index is 2.32. The maximum atomic E-state index is 11.8. The molecule has 0 saturated carbocycles. The van der Waals surface area contributed by atoms with Crippen LogP contribution in [0.4, 0.5) is 5.69 Å². The topological polar surface area (TPSA) is 57.6 Å². The lowest BCUT2D eigenvalue weighted by Gasteiger charge is -2.27. The van der Waals surface area contributed by atoms with E-state index in [0.29, 0.717) is 17.4 Å². The third-order valence-corrected chi connectivity index (χ3v) is 3.44. The lowest BCUT2D eigenvalue weighted by atomic mass is 10.1. The first kappa shape index (κ1) is 12.1. The fourth-order valence-corrected chi connectivity index (χ4v) is 2.51. The third-order valence-electron chi connectivity index (χ3n) is 2.81. The smallest absolute Gasteiger partial charge is 0.335 e. The van der Waals surface area contributed by atoms with Gasteiger partial charge in [-0.15, -0.1) is 0 Å². The average Bonchev–Trinajstić information content (AvgIpc) is 2.30. The Morgan fingerprint density at radius 2 is 2.12 bits per heavy atom. The Morgan fingerprint density at radius 1 is 1.35 bits per heavy atom. The summed E-state index contributed by atoms with van der Waals surface area (Å²) in [5.74, 6) is -0.873. The summed E-state index contributed by atoms with van der Waals surface area (Å²) < 4.78 is 0.646. The van der Waals surface area contributed by atoms with Crippen LogP contribution in [0.1, 0.15) is 29.6 Å². The minimum Gasteiger partial charge on any atom is -0.478 e. The van der Waals surface area contributed by atoms with Crippen molar-refractivity contribution in [2.75, 3.05) is 11.4 Å². The lowest BCUT2D eigenvalue weighted by Crippen LogP contribution is -2.35. The monoisotopic (exact) mass is 297 g/mol. The van der Waals surface area contributed by atoms with Gasteiger partial charge in [-0.25, -0.2) is 4.79 Å². The summed E-state index contributed by atoms with van der Waals surface area (Å²) in [4.78, 5) is 24.3. The zero-order valence-corrected chi connectivity index (χ0v) is 10.7. The van der Waals surface area contributed by atoms with Crippen LogP contribution in [0, 0.1) is 0 Å². The van der Waals surface area contributed by atoms with Crippen LogP contribution in [0.3, 0.4) is 0 Å². The third kappa shape index (κ3) is 2.49. The highest BCUT2D eigenvalue weighted by molar-refractivity contribution is 9.10. The van der Waals surface area contributed by atoms with Gasteiger partial charge < -0.3 is 10.0 Å². The van der Waals surface area contributed by atoms with Crippen molar-refractivity contribution in [2.45, 2.75) is 19.3 Å². The largest absolute Gasteiger partial charge is 0.478 e. The van der Waals surface area contributed by atoms with Gasteiger partial charge in [-0.2, -0.15) is 0 Å². The minimum atomic E-state index is -0.970. The number of carbonyl (C=O) groups excluding carboxylic acids is 1. The van der Waals surface area contributed by atoms with E-state index in [2.05, 4.69) is 15.9 Å². The number of anilines is 1. The van der Waals surface area contributed by atoms with Gasteiger partial charge in [0.05, 0.1) is 11.3 Å². The van der Waals surface area contributed by atoms with Crippen molar-refractivity contribution in [3.05, 3.63) is 28.2 Å². The number of nitrogens with zero attached hydrogens (tertiary/aromatic N) is 1. The fraction of sp³-hybridized carbons (Fsp3) is 0.333. The molecule has 5 heteroatoms. The van der Waals surface area contributed by atoms with Crippen molar-refractivity contribution in [1.82, 2.24) is 0 Å². The molecule has 90 valence electrons. The van der Waals surface area contributed by atoms with Crippen LogP contribution in [-0.2, 0) is 4.79 Å². The molecular formula is C12H12BrNO3. The second-order valence-electron chi connectivity index (χ2n) is 3.97. The molecule has 0 atom stereocenters. The highest BCUT2D eigenvalue weighted by atomic mass is 79.9. The van der Waals surface area contributed by atoms with Gasteiger partial charge >= 0.3 is 5.97 Å². The van der Waals surface area contributed by atoms with Crippen LogP contribution in [0.15, 0.2) is 22.7 Å². The fourth-order valence-electron chi connectivity index (χ4n) is 1.92. The molecular weight excluding hydrogens is 286 g/mol. The van der Waals surface area contributed by atoms with Crippen molar-refractivity contribution in [2.24, 2.45) is 0 Å². The molecule has 0 aliphatic carbocycles. The Kier molecular flexibility index (Phi) is 3.47. The molecule has 1 fully saturated rings. The summed E-state index contributed by atoms with van der Waals surface area (Å²) in [6, 6.07) is 4.72. The Bertz CT molecular complexity index is 473. The maximum absolute atomic E-state index is 11.8. The van der Waals surface area contributed by atoms with Crippen LogP contribution in [0.5, 0.6) is 0 Å². The first-order chi connectivity index (χ1) is 8.09. The summed E-state index contributed by atoms with van der Waals surface area (Å²) in [6.45, 7) is 0.698. The summed E-state index contributed by atoms with van der Waals surface area (Å²) in [6.07, 6.45) is 2.48. The van der Waals surface area contributed by atoms with Crippen LogP contribution in [-0.4, -0.2) is 23.5 Å². The molecule has 4 nitrogen and oxygen atoms in total. The van der Waals surface area contributed by atoms with Gasteiger partial charge in [0.2, 0.25) is 5.91 Å². The van der Waals surface area contributed by atoms with Gasteiger partial charge in [0.15, 0.2) is 0 Å². The molecule has 1 aliphatic heterocycles. The van der Waals surface area contributed by atoms with E-state index in [-0.39, 0.29) is 11.5 Å². The van der Waals surface area contributed by atoms with Crippen LogP contribution < -0.4 is 4.90 Å². The zero-order chi connectivity index (χ0) is 12.4. The molecule has 1 aromatic rings. The molecule has 1 amide bonds. The van der Waals surface area contributed by atoms with Gasteiger partial charge in [-0.1, -0.05) is 0 Å². The quantitative estimate of drug-likeness (QED) is 0.913. The highest BCUT2D eigenvalue weighted by Gasteiger charge is 2.21. The van der Waals surface area contributed by atoms with Gasteiger partial charge in [-0.3, -0.25) is 4.79 Å². The van der Waals surface area contributed by atoms with E-state index in [0.717, 1.165) is 18.5 Å². The first-order valence-electron chi connectivity index (χ1n) is 5.43. The van der Waals surface area contributed by atoms with E-state index in [4.69, 9.17) is 5.11 Å². The number of carboxylic acid groups (broad SMARTS) is 1. The molecule has 1 N–H and O–H groups in total. The molecule has 0 radical (unpaired) electrons. The normalized spacial score (nSPS) is 16.1. The van der Waals surface area contributed by atoms with Gasteiger partial charge in [0.25, 0.3) is 0 Å². The number of carbonyl (C=O) groups is 2. The maximum Gasteiger partial charge on any atom is 0.335 e. The van der Waals surface area contributed by atoms with Gasteiger partial charge in [0.1, 0.15) is 0 Å². The predicted molar refractivity (Wildman–Crippen MR) is 67.3 cm³/mol. The molecule has 1 heterocycles. The summed E-state index contributed by atoms with van der Waals surface area (Å²) in [5, 5.41) is 8.86. The number of aromatic carboxylic acids is 1. The predicted octanol–water partition coefficient (Wildman–Crippen LogP) is 2.66. The van der Waals surface area contributed by atoms with E-state index in [1.807, 2.05) is 0 Å². The SMILES string of the molecule is O=C(O)c1ccc(N2CCCCC2=O)c(Br)c1. The van der Waals surface area contributed by atoms with Crippen LogP contribution in [0.25, 0.3) is 0 Å². The Hall–Kier alpha value is -1.36. The number of amides is 1. The van der Waals surface area contributed by atoms with Crippen molar-refractivity contribution in [1.29, 1.82) is 0 Å². The number of rotatable bonds is 2. The van der Waals surface area contributed by atoms with E-state index in [1.165, 1.54) is 12.1 Å². The molecule has 0 unspecified atom stereocenters. The van der Waals surface area contributed by atoms with Crippen molar-refractivity contribution in [3.63, 3.8) is 0 Å². The minimum absolute atomic E-state index is 0.0972. The highest BCUT2D eigenvalue weighted by Crippen LogP contribution is 2.30. The lowest BCUT2D eigenvalue weighted by molar-refractivity contribution is -0.119. The number of halogens is 1. The molecule has 0 bridgehead atoms. The van der Waals surface area contributed by atoms with Crippen molar-refractivity contribution < 1.29 is 14.7 Å². The van der Waals surface area contributed by atoms with Crippen molar-refractivity contribution >= 4 is 33.5 Å². The standard InChI is InChI=1S/C12H12BrNO3/c13-9-7-8(12(16)17)4-5-10(9)14-6-2-1-3-11(14)15/h4-5,7H,1-3,6H2,(H,16,17). The molecule has 2 rings (SSSR count). The molecule has 1 aromatic carbocycles. The van der Waals surface area contributed by atoms with E-state index >= 15 is 0 Å². The number of piperidine rings is 1. The van der Waals surface area contributed by atoms with E-state index in [1.54, 1.807) is 11.0 Å². The van der Waals surface area contributed by atoms with E-state index in [9.17, 15) is 9.59 Å². The van der Waals surface area contributed by atoms with Crippen LogP contribution in [0.2, 0.25) is 0 Å². The second kappa shape index (κ2) is 4.87. The summed E-state index contributed by atoms with van der Waals surface area (Å²) in [7, 11) is 0. The molecule has 0 spiro atoms. The summed E-state index contributed by atoms with van der Waals surface area (Å²) in [5.41, 5.74) is 0.963. The number of benzene rings is 1. The number of hydrogen-bond donors (Lipinski definition) is 1. The zero-order valence-electron chi connectivity index (χ0n) is 9.15. The average molecular weight is 298 g/mol. The summed E-state index contributed by atoms with van der Waals surface area (Å²) >= 11 is 3.32. The molecule has 17 heavy (non-hydrogen) atoms. The van der Waals surface area contributed by atoms with Gasteiger partial charge in [-0.05, 0) is 47.0 Å². The van der Waals surface area contributed by atoms with E-state index < -0.39 is 5.97 Å². The molecule has 0 aromatic heterocycles. The second-order valence-corrected chi connectivity index (χ2v) is 4.83. The molecule has 1 aliphatic rings. The molecule has 1 saturated heterocycles. The van der Waals surface area contributed by atoms with Crippen molar-refractivity contribution in [3.8, 4) is 0 Å². The van der Waals surface area contributed by atoms with Gasteiger partial charge in [0, 0.05) is 17.4 Å². The first-order valence-corrected chi connectivity index (χ1v) is 6.22. The Morgan fingerprint density at radius 3 is 2.71 bits per heavy atom. The Labute approximate surface area is 107 Å². The number of hydrogen-bond acceptors (Lipinski definition) is 2. The number of carboxylic acids is 1. The van der Waals surface area contributed by atoms with Crippen LogP contribution >= 0.6 is 15.9 Å².